The normalized spacial score (nSPS) is 11.4. The van der Waals surface area contributed by atoms with E-state index >= 15 is 0 Å². The van der Waals surface area contributed by atoms with E-state index in [1.807, 2.05) is 0 Å². The van der Waals surface area contributed by atoms with Crippen molar-refractivity contribution in [2.45, 2.75) is 4.90 Å². The topological polar surface area (TPSA) is 72.2 Å². The van der Waals surface area contributed by atoms with Crippen molar-refractivity contribution in [3.8, 4) is 0 Å². The number of nitrogens with two attached hydrogens (primary N) is 1. The molecule has 0 aromatic heterocycles. The second-order valence-corrected chi connectivity index (χ2v) is 6.96. The van der Waals surface area contributed by atoms with Crippen LogP contribution < -0.4 is 10.5 Å². The first-order valence-corrected chi connectivity index (χ1v) is 8.08. The molecule has 0 saturated heterocycles. The van der Waals surface area contributed by atoms with Crippen molar-refractivity contribution in [2.24, 2.45) is 0 Å². The Morgan fingerprint density at radius 2 is 1.86 bits per heavy atom. The Kier molecular flexibility index (Phi) is 4.40. The number of rotatable bonds is 3. The zero-order valence-corrected chi connectivity index (χ0v) is 13.4. The van der Waals surface area contributed by atoms with E-state index in [9.17, 15) is 17.2 Å². The summed E-state index contributed by atoms with van der Waals surface area (Å²) in [5, 5.41) is -0.157. The minimum absolute atomic E-state index is 0.0611. The third kappa shape index (κ3) is 3.45. The number of sulfonamides is 1. The molecule has 2 aromatic carbocycles. The van der Waals surface area contributed by atoms with Crippen LogP contribution in [-0.2, 0) is 10.0 Å². The van der Waals surface area contributed by atoms with Gasteiger partial charge < -0.3 is 5.73 Å². The largest absolute Gasteiger partial charge is 0.399 e. The molecule has 0 spiro atoms. The van der Waals surface area contributed by atoms with E-state index in [4.69, 9.17) is 17.3 Å². The first kappa shape index (κ1) is 16.0. The van der Waals surface area contributed by atoms with Gasteiger partial charge in [0.05, 0.1) is 15.2 Å². The Labute approximate surface area is 133 Å². The van der Waals surface area contributed by atoms with E-state index in [2.05, 4.69) is 20.7 Å². The average Bonchev–Trinajstić information content (AvgIpc) is 2.37. The van der Waals surface area contributed by atoms with Crippen LogP contribution in [0, 0.1) is 11.6 Å². The lowest BCUT2D eigenvalue weighted by molar-refractivity contribution is 0.567. The zero-order chi connectivity index (χ0) is 15.8. The van der Waals surface area contributed by atoms with Crippen LogP contribution in [0.3, 0.4) is 0 Å². The Morgan fingerprint density at radius 1 is 1.19 bits per heavy atom. The monoisotopic (exact) mass is 396 g/mol. The average molecular weight is 398 g/mol. The predicted octanol–water partition coefficient (Wildman–Crippen LogP) is 3.76. The first-order valence-electron chi connectivity index (χ1n) is 5.43. The highest BCUT2D eigenvalue weighted by atomic mass is 79.9. The molecule has 0 radical (unpaired) electrons. The number of hydrogen-bond donors (Lipinski definition) is 2. The van der Waals surface area contributed by atoms with Crippen molar-refractivity contribution < 1.29 is 17.2 Å². The molecule has 0 bridgehead atoms. The maximum Gasteiger partial charge on any atom is 0.264 e. The Bertz CT molecular complexity index is 815. The summed E-state index contributed by atoms with van der Waals surface area (Å²) in [6.45, 7) is 0. The van der Waals surface area contributed by atoms with Gasteiger partial charge in [-0.1, -0.05) is 11.6 Å². The van der Waals surface area contributed by atoms with Crippen LogP contribution in [0.2, 0.25) is 5.02 Å². The molecule has 2 rings (SSSR count). The second-order valence-electron chi connectivity index (χ2n) is 4.05. The van der Waals surface area contributed by atoms with Crippen LogP contribution in [0.25, 0.3) is 0 Å². The predicted molar refractivity (Wildman–Crippen MR) is 80.7 cm³/mol. The van der Waals surface area contributed by atoms with Gasteiger partial charge in [0.15, 0.2) is 5.82 Å². The van der Waals surface area contributed by atoms with E-state index in [-0.39, 0.29) is 20.9 Å². The van der Waals surface area contributed by atoms with Crippen LogP contribution in [-0.4, -0.2) is 8.42 Å². The van der Waals surface area contributed by atoms with Crippen LogP contribution in [0.15, 0.2) is 39.7 Å². The van der Waals surface area contributed by atoms with Crippen molar-refractivity contribution in [1.82, 2.24) is 0 Å². The van der Waals surface area contributed by atoms with E-state index in [1.165, 1.54) is 18.2 Å². The number of halogens is 4. The molecule has 3 N–H and O–H groups in total. The first-order chi connectivity index (χ1) is 9.70. The third-order valence-corrected chi connectivity index (χ3v) is 4.74. The molecule has 0 aliphatic rings. The highest BCUT2D eigenvalue weighted by Gasteiger charge is 2.22. The van der Waals surface area contributed by atoms with E-state index in [1.54, 1.807) is 0 Å². The summed E-state index contributed by atoms with van der Waals surface area (Å²) < 4.78 is 53.4. The summed E-state index contributed by atoms with van der Waals surface area (Å²) in [5.74, 6) is -1.79. The van der Waals surface area contributed by atoms with Crippen molar-refractivity contribution in [2.75, 3.05) is 10.5 Å². The molecule has 2 aromatic rings. The van der Waals surface area contributed by atoms with Crippen molar-refractivity contribution >= 4 is 48.9 Å². The number of nitrogen functional groups attached to an aromatic ring is 1. The zero-order valence-electron chi connectivity index (χ0n) is 10.2. The third-order valence-electron chi connectivity index (χ3n) is 2.48. The summed E-state index contributed by atoms with van der Waals surface area (Å²) in [7, 11) is -4.26. The molecular formula is C12H8BrClF2N2O2S. The SMILES string of the molecule is Nc1cc(Br)c(F)c(S(=O)(=O)Nc2ccc(Cl)c(F)c2)c1. The molecule has 0 heterocycles. The molecule has 21 heavy (non-hydrogen) atoms. The van der Waals surface area contributed by atoms with Crippen LogP contribution in [0.4, 0.5) is 20.2 Å². The highest BCUT2D eigenvalue weighted by molar-refractivity contribution is 9.10. The van der Waals surface area contributed by atoms with Crippen molar-refractivity contribution in [1.29, 1.82) is 0 Å². The van der Waals surface area contributed by atoms with E-state index in [0.29, 0.717) is 0 Å². The lowest BCUT2D eigenvalue weighted by atomic mass is 10.3. The molecule has 0 aliphatic heterocycles. The maximum atomic E-state index is 13.9. The van der Waals surface area contributed by atoms with Gasteiger partial charge in [0.1, 0.15) is 10.7 Å². The maximum absolute atomic E-state index is 13.9. The highest BCUT2D eigenvalue weighted by Crippen LogP contribution is 2.28. The van der Waals surface area contributed by atoms with Gasteiger partial charge in [-0.25, -0.2) is 17.2 Å². The van der Waals surface area contributed by atoms with Gasteiger partial charge in [-0.3, -0.25) is 4.72 Å². The molecule has 0 saturated carbocycles. The molecule has 0 aliphatic carbocycles. The second kappa shape index (κ2) is 5.78. The fourth-order valence-electron chi connectivity index (χ4n) is 1.55. The molecular weight excluding hydrogens is 390 g/mol. The molecule has 0 unspecified atom stereocenters. The molecule has 4 nitrogen and oxygen atoms in total. The number of benzene rings is 2. The van der Waals surface area contributed by atoms with Crippen molar-refractivity contribution in [3.05, 3.63) is 51.5 Å². The summed E-state index contributed by atoms with van der Waals surface area (Å²) in [5.41, 5.74) is 5.47. The van der Waals surface area contributed by atoms with Gasteiger partial charge >= 0.3 is 0 Å². The quantitative estimate of drug-likeness (QED) is 0.775. The van der Waals surface area contributed by atoms with Crippen LogP contribution >= 0.6 is 27.5 Å². The minimum atomic E-state index is -4.26. The van der Waals surface area contributed by atoms with Gasteiger partial charge in [-0.2, -0.15) is 0 Å². The Balaban J connectivity index is 2.45. The van der Waals surface area contributed by atoms with Gasteiger partial charge in [-0.05, 0) is 46.3 Å². The molecule has 112 valence electrons. The fraction of sp³-hybridized carbons (Fsp3) is 0. The summed E-state index contributed by atoms with van der Waals surface area (Å²) in [6.07, 6.45) is 0. The molecule has 9 heteroatoms. The standard InChI is InChI=1S/C12H8BrClF2N2O2S/c13-8-3-6(17)4-11(12(8)16)21(19,20)18-7-1-2-9(14)10(15)5-7/h1-5,18H,17H2. The van der Waals surface area contributed by atoms with Gasteiger partial charge in [0.2, 0.25) is 0 Å². The van der Waals surface area contributed by atoms with Gasteiger partial charge in [0, 0.05) is 5.69 Å². The molecule has 0 amide bonds. The van der Waals surface area contributed by atoms with Gasteiger partial charge in [0.25, 0.3) is 10.0 Å². The summed E-state index contributed by atoms with van der Waals surface area (Å²) >= 11 is 8.37. The Morgan fingerprint density at radius 3 is 2.48 bits per heavy atom. The summed E-state index contributed by atoms with van der Waals surface area (Å²) in [4.78, 5) is -0.648. The van der Waals surface area contributed by atoms with E-state index < -0.39 is 26.6 Å². The molecule has 0 atom stereocenters. The van der Waals surface area contributed by atoms with Crippen molar-refractivity contribution in [3.63, 3.8) is 0 Å². The van der Waals surface area contributed by atoms with Crippen LogP contribution in [0.5, 0.6) is 0 Å². The smallest absolute Gasteiger partial charge is 0.264 e. The fourth-order valence-corrected chi connectivity index (χ4v) is 3.46. The lowest BCUT2D eigenvalue weighted by Crippen LogP contribution is -2.15. The number of anilines is 2. The minimum Gasteiger partial charge on any atom is -0.399 e. The number of nitrogens with one attached hydrogen (secondary N) is 1. The lowest BCUT2D eigenvalue weighted by Gasteiger charge is -2.11. The molecule has 0 fully saturated rings. The summed E-state index contributed by atoms with van der Waals surface area (Å²) in [6, 6.07) is 5.52. The van der Waals surface area contributed by atoms with Crippen LogP contribution in [0.1, 0.15) is 0 Å². The Hall–Kier alpha value is -1.38. The number of hydrogen-bond acceptors (Lipinski definition) is 3. The van der Waals surface area contributed by atoms with E-state index in [0.717, 1.165) is 12.1 Å². The van der Waals surface area contributed by atoms with Gasteiger partial charge in [-0.15, -0.1) is 0 Å².